The third-order valence-electron chi connectivity index (χ3n) is 4.31. The predicted octanol–water partition coefficient (Wildman–Crippen LogP) is 5.70. The lowest BCUT2D eigenvalue weighted by molar-refractivity contribution is 0.101. The number of benzene rings is 1. The van der Waals surface area contributed by atoms with Gasteiger partial charge >= 0.3 is 0 Å². The number of hydrogen-bond donors (Lipinski definition) is 1. The summed E-state index contributed by atoms with van der Waals surface area (Å²) in [5.41, 5.74) is 5.23. The molecule has 0 saturated heterocycles. The number of nitrogens with zero attached hydrogens (tertiary/aromatic N) is 1. The van der Waals surface area contributed by atoms with Gasteiger partial charge in [0.15, 0.2) is 5.78 Å². The molecule has 0 aliphatic heterocycles. The van der Waals surface area contributed by atoms with Crippen LogP contribution in [-0.4, -0.2) is 10.8 Å². The quantitative estimate of drug-likeness (QED) is 0.693. The van der Waals surface area contributed by atoms with Crippen LogP contribution in [0.5, 0.6) is 0 Å². The van der Waals surface area contributed by atoms with Crippen LogP contribution in [0, 0.1) is 0 Å². The van der Waals surface area contributed by atoms with E-state index in [1.54, 1.807) is 13.0 Å². The van der Waals surface area contributed by atoms with Crippen LogP contribution >= 0.6 is 0 Å². The van der Waals surface area contributed by atoms with Gasteiger partial charge in [0.05, 0.1) is 11.7 Å². The molecule has 0 aliphatic carbocycles. The van der Waals surface area contributed by atoms with Crippen molar-refractivity contribution in [2.45, 2.75) is 59.4 Å². The minimum Gasteiger partial charge on any atom is -0.376 e. The number of hydrogen-bond acceptors (Lipinski definition) is 3. The molecule has 0 aliphatic rings. The van der Waals surface area contributed by atoms with Crippen LogP contribution in [0.1, 0.15) is 86.7 Å². The maximum absolute atomic E-state index is 11.6. The van der Waals surface area contributed by atoms with E-state index in [2.05, 4.69) is 63.1 Å². The minimum absolute atomic E-state index is 0.00509. The second-order valence-electron chi connectivity index (χ2n) is 6.99. The van der Waals surface area contributed by atoms with Crippen molar-refractivity contribution in [2.24, 2.45) is 0 Å². The maximum atomic E-state index is 11.6. The molecular formula is C21H28N2O. The average Bonchev–Trinajstić information content (AvgIpc) is 2.54. The topological polar surface area (TPSA) is 42.0 Å². The van der Waals surface area contributed by atoms with Crippen LogP contribution in [0.25, 0.3) is 0 Å². The third-order valence-corrected chi connectivity index (χ3v) is 4.31. The highest BCUT2D eigenvalue weighted by atomic mass is 16.1. The number of rotatable bonds is 6. The zero-order chi connectivity index (χ0) is 17.9. The van der Waals surface area contributed by atoms with E-state index < -0.39 is 0 Å². The normalized spacial score (nSPS) is 12.5. The molecule has 1 unspecified atom stereocenters. The van der Waals surface area contributed by atoms with E-state index in [1.165, 1.54) is 16.8 Å². The summed E-state index contributed by atoms with van der Waals surface area (Å²) >= 11 is 0. The Morgan fingerprint density at radius 1 is 0.917 bits per heavy atom. The van der Waals surface area contributed by atoms with E-state index >= 15 is 0 Å². The molecule has 2 rings (SSSR count). The second-order valence-corrected chi connectivity index (χ2v) is 6.99. The molecule has 3 heteroatoms. The lowest BCUT2D eigenvalue weighted by Gasteiger charge is -2.24. The van der Waals surface area contributed by atoms with Crippen molar-refractivity contribution in [2.75, 3.05) is 5.32 Å². The zero-order valence-corrected chi connectivity index (χ0v) is 15.6. The van der Waals surface area contributed by atoms with E-state index in [-0.39, 0.29) is 11.8 Å². The monoisotopic (exact) mass is 324 g/mol. The van der Waals surface area contributed by atoms with Gasteiger partial charge in [-0.2, -0.15) is 0 Å². The Kier molecular flexibility index (Phi) is 5.76. The number of Topliss-reactive ketones (excluding diaryl/α,β-unsaturated/α-hetero) is 1. The molecule has 1 heterocycles. The van der Waals surface area contributed by atoms with Crippen LogP contribution in [0.4, 0.5) is 5.69 Å². The predicted molar refractivity (Wildman–Crippen MR) is 101 cm³/mol. The van der Waals surface area contributed by atoms with Crippen LogP contribution < -0.4 is 5.32 Å². The van der Waals surface area contributed by atoms with Crippen molar-refractivity contribution in [1.82, 2.24) is 4.98 Å². The van der Waals surface area contributed by atoms with E-state index in [0.717, 1.165) is 5.69 Å². The number of pyridine rings is 1. The van der Waals surface area contributed by atoms with Crippen molar-refractivity contribution in [1.29, 1.82) is 0 Å². The van der Waals surface area contributed by atoms with Gasteiger partial charge in [-0.3, -0.25) is 4.79 Å². The third kappa shape index (κ3) is 4.02. The summed E-state index contributed by atoms with van der Waals surface area (Å²) in [7, 11) is 0. The molecule has 24 heavy (non-hydrogen) atoms. The molecule has 0 spiro atoms. The van der Waals surface area contributed by atoms with Crippen molar-refractivity contribution in [3.8, 4) is 0 Å². The molecule has 1 aromatic heterocycles. The van der Waals surface area contributed by atoms with Crippen molar-refractivity contribution in [3.05, 3.63) is 58.9 Å². The number of aromatic nitrogens is 1. The molecule has 1 aromatic carbocycles. The first-order valence-corrected chi connectivity index (χ1v) is 8.68. The number of ketones is 1. The molecule has 128 valence electrons. The first kappa shape index (κ1) is 18.2. The molecule has 0 saturated carbocycles. The van der Waals surface area contributed by atoms with Gasteiger partial charge in [-0.1, -0.05) is 52.0 Å². The average molecular weight is 324 g/mol. The molecule has 0 radical (unpaired) electrons. The fraction of sp³-hybridized carbons (Fsp3) is 0.429. The van der Waals surface area contributed by atoms with Crippen LogP contribution in [0.3, 0.4) is 0 Å². The van der Waals surface area contributed by atoms with Gasteiger partial charge in [0.1, 0.15) is 5.69 Å². The molecule has 0 bridgehead atoms. The molecular weight excluding hydrogens is 296 g/mol. The highest BCUT2D eigenvalue weighted by molar-refractivity contribution is 5.92. The number of carbonyl (C=O) groups is 1. The van der Waals surface area contributed by atoms with Gasteiger partial charge in [0.2, 0.25) is 0 Å². The van der Waals surface area contributed by atoms with Crippen LogP contribution in [0.2, 0.25) is 0 Å². The fourth-order valence-corrected chi connectivity index (χ4v) is 2.90. The van der Waals surface area contributed by atoms with E-state index in [4.69, 9.17) is 0 Å². The Hall–Kier alpha value is -2.16. The van der Waals surface area contributed by atoms with Gasteiger partial charge in [0.25, 0.3) is 0 Å². The first-order valence-electron chi connectivity index (χ1n) is 8.68. The zero-order valence-electron chi connectivity index (χ0n) is 15.6. The second kappa shape index (κ2) is 7.61. The van der Waals surface area contributed by atoms with Gasteiger partial charge in [0, 0.05) is 12.6 Å². The molecule has 1 N–H and O–H groups in total. The van der Waals surface area contributed by atoms with Crippen LogP contribution in [0.15, 0.2) is 36.4 Å². The Bertz CT molecular complexity index is 693. The minimum atomic E-state index is -0.00509. The number of anilines is 1. The Morgan fingerprint density at radius 3 is 1.96 bits per heavy atom. The summed E-state index contributed by atoms with van der Waals surface area (Å²) in [5.74, 6) is 0.874. The summed E-state index contributed by atoms with van der Waals surface area (Å²) in [6.45, 7) is 12.5. The smallest absolute Gasteiger partial charge is 0.178 e. The number of carbonyl (C=O) groups excluding carboxylic acids is 1. The molecule has 1 atom stereocenters. The lowest BCUT2D eigenvalue weighted by Crippen LogP contribution is -2.14. The molecule has 0 fully saturated rings. The lowest BCUT2D eigenvalue weighted by atomic mass is 9.92. The van der Waals surface area contributed by atoms with Gasteiger partial charge in [-0.15, -0.1) is 0 Å². The van der Waals surface area contributed by atoms with Crippen molar-refractivity contribution in [3.63, 3.8) is 0 Å². The molecule has 2 aromatic rings. The Morgan fingerprint density at radius 2 is 1.46 bits per heavy atom. The van der Waals surface area contributed by atoms with Crippen molar-refractivity contribution >= 4 is 11.5 Å². The number of para-hydroxylation sites is 1. The fourth-order valence-electron chi connectivity index (χ4n) is 2.90. The van der Waals surface area contributed by atoms with Crippen LogP contribution in [-0.2, 0) is 0 Å². The highest BCUT2D eigenvalue weighted by Gasteiger charge is 2.17. The highest BCUT2D eigenvalue weighted by Crippen LogP contribution is 2.34. The van der Waals surface area contributed by atoms with Crippen molar-refractivity contribution < 1.29 is 4.79 Å². The summed E-state index contributed by atoms with van der Waals surface area (Å²) in [6, 6.07) is 12.2. The summed E-state index contributed by atoms with van der Waals surface area (Å²) in [4.78, 5) is 16.1. The Labute approximate surface area is 145 Å². The summed E-state index contributed by atoms with van der Waals surface area (Å²) in [6.07, 6.45) is 0. The van der Waals surface area contributed by atoms with Gasteiger partial charge in [-0.25, -0.2) is 4.98 Å². The SMILES string of the molecule is CC(=O)c1cccc(C(C)Nc2c(C(C)C)cccc2C(C)C)n1. The summed E-state index contributed by atoms with van der Waals surface area (Å²) in [5, 5.41) is 3.65. The number of nitrogens with one attached hydrogen (secondary N) is 1. The van der Waals surface area contributed by atoms with E-state index in [1.807, 2.05) is 12.1 Å². The molecule has 3 nitrogen and oxygen atoms in total. The standard InChI is InChI=1S/C21H28N2O/c1-13(2)17-9-7-10-18(14(3)4)21(17)22-15(5)19-11-8-12-20(23-19)16(6)24/h7-15,22H,1-6H3. The van der Waals surface area contributed by atoms with E-state index in [9.17, 15) is 4.79 Å². The first-order chi connectivity index (χ1) is 11.3. The Balaban J connectivity index is 2.39. The summed E-state index contributed by atoms with van der Waals surface area (Å²) < 4.78 is 0. The molecule has 0 amide bonds. The largest absolute Gasteiger partial charge is 0.376 e. The van der Waals surface area contributed by atoms with Gasteiger partial charge < -0.3 is 5.32 Å². The maximum Gasteiger partial charge on any atom is 0.178 e. The van der Waals surface area contributed by atoms with Gasteiger partial charge in [-0.05, 0) is 42.0 Å². The van der Waals surface area contributed by atoms with E-state index in [0.29, 0.717) is 17.5 Å².